The van der Waals surface area contributed by atoms with Gasteiger partial charge in [0.2, 0.25) is 21.8 Å². The lowest BCUT2D eigenvalue weighted by Gasteiger charge is -2.32. The molecule has 38 heavy (non-hydrogen) atoms. The Labute approximate surface area is 232 Å². The van der Waals surface area contributed by atoms with Crippen LogP contribution in [0.1, 0.15) is 68.6 Å². The first-order valence-corrected chi connectivity index (χ1v) is 15.6. The second kappa shape index (κ2) is 13.5. The Morgan fingerprint density at radius 3 is 2.21 bits per heavy atom. The molecule has 1 aliphatic rings. The van der Waals surface area contributed by atoms with Gasteiger partial charge in [0.05, 0.1) is 11.9 Å². The van der Waals surface area contributed by atoms with Crippen LogP contribution in [0.5, 0.6) is 0 Å². The van der Waals surface area contributed by atoms with E-state index >= 15 is 0 Å². The van der Waals surface area contributed by atoms with Crippen molar-refractivity contribution in [3.8, 4) is 0 Å². The fraction of sp³-hybridized carbons (Fsp3) is 0.517. The zero-order valence-corrected chi connectivity index (χ0v) is 24.4. The van der Waals surface area contributed by atoms with E-state index in [0.29, 0.717) is 23.6 Å². The zero-order valence-electron chi connectivity index (χ0n) is 22.9. The number of amides is 2. The number of anilines is 1. The molecule has 7 nitrogen and oxygen atoms in total. The SMILES string of the molecule is CC[C@@H](C(=O)NC1CCCC1)N(Cc1ccc(Cl)cc1)C(=O)CCCN(c1cc(C)cc(C)c1)S(C)(=O)=O. The third-order valence-corrected chi connectivity index (χ3v) is 8.45. The van der Waals surface area contributed by atoms with Crippen molar-refractivity contribution < 1.29 is 18.0 Å². The number of aryl methyl sites for hydroxylation is 2. The summed E-state index contributed by atoms with van der Waals surface area (Å²) in [5.74, 6) is -0.308. The third-order valence-electron chi connectivity index (χ3n) is 7.00. The largest absolute Gasteiger partial charge is 0.352 e. The molecule has 0 heterocycles. The van der Waals surface area contributed by atoms with Gasteiger partial charge in [0.25, 0.3) is 0 Å². The minimum absolute atomic E-state index is 0.123. The number of hydrogen-bond acceptors (Lipinski definition) is 4. The summed E-state index contributed by atoms with van der Waals surface area (Å²) in [6.45, 7) is 6.21. The first kappa shape index (κ1) is 30.0. The van der Waals surface area contributed by atoms with Gasteiger partial charge in [0.15, 0.2) is 0 Å². The van der Waals surface area contributed by atoms with Crippen LogP contribution in [0.3, 0.4) is 0 Å². The molecule has 2 aromatic rings. The molecule has 9 heteroatoms. The van der Waals surface area contributed by atoms with Crippen LogP contribution in [0.2, 0.25) is 5.02 Å². The molecule has 1 N–H and O–H groups in total. The van der Waals surface area contributed by atoms with Crippen molar-refractivity contribution in [2.24, 2.45) is 0 Å². The van der Waals surface area contributed by atoms with E-state index in [2.05, 4.69) is 5.32 Å². The highest BCUT2D eigenvalue weighted by molar-refractivity contribution is 7.92. The fourth-order valence-electron chi connectivity index (χ4n) is 5.17. The topological polar surface area (TPSA) is 86.8 Å². The Morgan fingerprint density at radius 1 is 1.05 bits per heavy atom. The van der Waals surface area contributed by atoms with Crippen molar-refractivity contribution >= 4 is 39.1 Å². The molecule has 1 saturated carbocycles. The summed E-state index contributed by atoms with van der Waals surface area (Å²) >= 11 is 6.05. The number of rotatable bonds is 12. The summed E-state index contributed by atoms with van der Waals surface area (Å²) in [5.41, 5.74) is 3.41. The molecule has 0 saturated heterocycles. The molecule has 0 unspecified atom stereocenters. The van der Waals surface area contributed by atoms with Crippen LogP contribution < -0.4 is 9.62 Å². The van der Waals surface area contributed by atoms with Gasteiger partial charge in [0.1, 0.15) is 6.04 Å². The molecule has 3 rings (SSSR count). The number of hydrogen-bond donors (Lipinski definition) is 1. The maximum absolute atomic E-state index is 13.6. The van der Waals surface area contributed by atoms with Crippen LogP contribution in [0, 0.1) is 13.8 Å². The molecule has 1 aliphatic carbocycles. The van der Waals surface area contributed by atoms with E-state index in [-0.39, 0.29) is 37.4 Å². The zero-order chi connectivity index (χ0) is 27.9. The van der Waals surface area contributed by atoms with E-state index in [4.69, 9.17) is 11.6 Å². The van der Waals surface area contributed by atoms with Gasteiger partial charge in [-0.25, -0.2) is 8.42 Å². The molecule has 0 aromatic heterocycles. The first-order valence-electron chi connectivity index (χ1n) is 13.4. The third kappa shape index (κ3) is 8.46. The predicted octanol–water partition coefficient (Wildman–Crippen LogP) is 5.37. The van der Waals surface area contributed by atoms with Gasteiger partial charge in [-0.05, 0) is 80.5 Å². The van der Waals surface area contributed by atoms with E-state index in [9.17, 15) is 18.0 Å². The molecule has 1 atom stereocenters. The number of sulfonamides is 1. The van der Waals surface area contributed by atoms with Gasteiger partial charge in [-0.2, -0.15) is 0 Å². The number of halogens is 1. The van der Waals surface area contributed by atoms with Crippen LogP contribution in [-0.4, -0.2) is 50.0 Å². The molecule has 0 radical (unpaired) electrons. The maximum Gasteiger partial charge on any atom is 0.243 e. The number of carbonyl (C=O) groups is 2. The molecule has 2 amide bonds. The molecule has 0 aliphatic heterocycles. The second-order valence-electron chi connectivity index (χ2n) is 10.3. The molecule has 1 fully saturated rings. The van der Waals surface area contributed by atoms with Gasteiger partial charge in [-0.15, -0.1) is 0 Å². The number of nitrogens with zero attached hydrogens (tertiary/aromatic N) is 2. The van der Waals surface area contributed by atoms with E-state index in [1.165, 1.54) is 10.6 Å². The van der Waals surface area contributed by atoms with Crippen LogP contribution >= 0.6 is 11.6 Å². The van der Waals surface area contributed by atoms with E-state index in [0.717, 1.165) is 42.4 Å². The number of carbonyl (C=O) groups excluding carboxylic acids is 2. The van der Waals surface area contributed by atoms with Gasteiger partial charge >= 0.3 is 0 Å². The van der Waals surface area contributed by atoms with E-state index < -0.39 is 16.1 Å². The van der Waals surface area contributed by atoms with E-state index in [1.807, 2.05) is 51.1 Å². The van der Waals surface area contributed by atoms with Crippen LogP contribution in [0.15, 0.2) is 42.5 Å². The summed E-state index contributed by atoms with van der Waals surface area (Å²) < 4.78 is 26.6. The van der Waals surface area contributed by atoms with Crippen LogP contribution in [-0.2, 0) is 26.2 Å². The Morgan fingerprint density at radius 2 is 1.66 bits per heavy atom. The fourth-order valence-corrected chi connectivity index (χ4v) is 6.25. The molecular weight excluding hydrogens is 522 g/mol. The lowest BCUT2D eigenvalue weighted by atomic mass is 10.1. The summed E-state index contributed by atoms with van der Waals surface area (Å²) in [7, 11) is -3.54. The quantitative estimate of drug-likeness (QED) is 0.377. The van der Waals surface area contributed by atoms with E-state index in [1.54, 1.807) is 17.0 Å². The Balaban J connectivity index is 1.76. The molecule has 0 spiro atoms. The van der Waals surface area contributed by atoms with Crippen LogP contribution in [0.4, 0.5) is 5.69 Å². The van der Waals surface area contributed by atoms with Gasteiger partial charge in [-0.1, -0.05) is 49.6 Å². The molecular formula is C29H40ClN3O4S. The summed E-state index contributed by atoms with van der Waals surface area (Å²) in [6, 6.07) is 12.5. The van der Waals surface area contributed by atoms with Crippen LogP contribution in [0.25, 0.3) is 0 Å². The van der Waals surface area contributed by atoms with Crippen molar-refractivity contribution in [1.82, 2.24) is 10.2 Å². The lowest BCUT2D eigenvalue weighted by molar-refractivity contribution is -0.141. The summed E-state index contributed by atoms with van der Waals surface area (Å²) in [4.78, 5) is 28.5. The van der Waals surface area contributed by atoms with Crippen molar-refractivity contribution in [3.63, 3.8) is 0 Å². The first-order chi connectivity index (χ1) is 18.0. The highest BCUT2D eigenvalue weighted by Crippen LogP contribution is 2.23. The molecule has 0 bridgehead atoms. The standard InChI is InChI=1S/C29H40ClN3O4S/c1-5-27(29(35)31-25-9-6-7-10-25)32(20-23-12-14-24(30)15-13-23)28(34)11-8-16-33(38(4,36)37)26-18-21(2)17-22(3)19-26/h12-15,17-19,25,27H,5-11,16,20H2,1-4H3,(H,31,35)/t27-/m0/s1. The average molecular weight is 562 g/mol. The second-order valence-corrected chi connectivity index (χ2v) is 12.7. The smallest absolute Gasteiger partial charge is 0.243 e. The van der Waals surface area contributed by atoms with Gasteiger partial charge in [-0.3, -0.25) is 13.9 Å². The summed E-state index contributed by atoms with van der Waals surface area (Å²) in [6.07, 6.45) is 6.25. The number of benzene rings is 2. The lowest BCUT2D eigenvalue weighted by Crippen LogP contribution is -2.51. The molecule has 2 aromatic carbocycles. The number of nitrogens with one attached hydrogen (secondary N) is 1. The van der Waals surface area contributed by atoms with Gasteiger partial charge < -0.3 is 10.2 Å². The minimum Gasteiger partial charge on any atom is -0.352 e. The predicted molar refractivity (Wildman–Crippen MR) is 154 cm³/mol. The highest BCUT2D eigenvalue weighted by atomic mass is 35.5. The molecule has 208 valence electrons. The van der Waals surface area contributed by atoms with Crippen molar-refractivity contribution in [2.75, 3.05) is 17.1 Å². The highest BCUT2D eigenvalue weighted by Gasteiger charge is 2.30. The Bertz CT molecular complexity index is 1190. The van der Waals surface area contributed by atoms with Crippen molar-refractivity contribution in [3.05, 3.63) is 64.2 Å². The summed E-state index contributed by atoms with van der Waals surface area (Å²) in [5, 5.41) is 3.75. The van der Waals surface area contributed by atoms with Gasteiger partial charge in [0, 0.05) is 30.6 Å². The van der Waals surface area contributed by atoms with Crippen molar-refractivity contribution in [1.29, 1.82) is 0 Å². The maximum atomic E-state index is 13.6. The average Bonchev–Trinajstić information content (AvgIpc) is 3.34. The minimum atomic E-state index is -3.54. The Kier molecular flexibility index (Phi) is 10.6. The Hall–Kier alpha value is -2.58. The normalized spacial score (nSPS) is 14.8. The monoisotopic (exact) mass is 561 g/mol. The van der Waals surface area contributed by atoms with Crippen molar-refractivity contribution in [2.45, 2.75) is 84.3 Å².